The number of rotatable bonds is 12. The van der Waals surface area contributed by atoms with Gasteiger partial charge in [0.1, 0.15) is 12.2 Å². The smallest absolute Gasteiger partial charge is 0.247 e. The molecule has 0 radical (unpaired) electrons. The van der Waals surface area contributed by atoms with Gasteiger partial charge in [-0.15, -0.1) is 6.58 Å². The van der Waals surface area contributed by atoms with Crippen molar-refractivity contribution in [2.24, 2.45) is 0 Å². The zero-order chi connectivity index (χ0) is 26.9. The lowest BCUT2D eigenvalue weighted by molar-refractivity contribution is -0.142. The zero-order valence-electron chi connectivity index (χ0n) is 21.2. The number of hydrogen-bond acceptors (Lipinski definition) is 7. The lowest BCUT2D eigenvalue weighted by Gasteiger charge is -2.43. The molecule has 1 saturated carbocycles. The molecule has 204 valence electrons. The quantitative estimate of drug-likeness (QED) is 0.207. The van der Waals surface area contributed by atoms with Gasteiger partial charge in [-0.05, 0) is 65.6 Å². The van der Waals surface area contributed by atoms with E-state index in [9.17, 15) is 24.9 Å². The molecule has 37 heavy (non-hydrogen) atoms. The maximum Gasteiger partial charge on any atom is 0.247 e. The summed E-state index contributed by atoms with van der Waals surface area (Å²) in [6.45, 7) is 3.45. The van der Waals surface area contributed by atoms with Crippen LogP contribution < -0.4 is 14.8 Å². The molecule has 2 aliphatic carbocycles. The van der Waals surface area contributed by atoms with E-state index in [1.54, 1.807) is 29.2 Å². The Bertz CT molecular complexity index is 993. The highest BCUT2D eigenvalue weighted by molar-refractivity contribution is 14.1. The molecule has 3 atom stereocenters. The normalized spacial score (nSPS) is 21.8. The summed E-state index contributed by atoms with van der Waals surface area (Å²) in [4.78, 5) is 28.1. The van der Waals surface area contributed by atoms with Gasteiger partial charge in [-0.1, -0.05) is 18.9 Å². The van der Waals surface area contributed by atoms with Crippen LogP contribution in [0, 0.1) is 3.57 Å². The third-order valence-corrected chi connectivity index (χ3v) is 7.67. The Morgan fingerprint density at radius 2 is 2.00 bits per heavy atom. The first-order chi connectivity index (χ1) is 17.8. The molecule has 10 heteroatoms. The number of benzene rings is 1. The number of halogens is 1. The largest absolute Gasteiger partial charge is 0.493 e. The summed E-state index contributed by atoms with van der Waals surface area (Å²) >= 11 is 2.07. The molecular weight excluding hydrogens is 591 g/mol. The van der Waals surface area contributed by atoms with Gasteiger partial charge in [0, 0.05) is 31.0 Å². The third kappa shape index (κ3) is 7.24. The van der Waals surface area contributed by atoms with Gasteiger partial charge in [0.2, 0.25) is 11.8 Å². The van der Waals surface area contributed by atoms with Crippen LogP contribution in [-0.4, -0.2) is 76.6 Å². The summed E-state index contributed by atoms with van der Waals surface area (Å²) in [5, 5.41) is 33.0. The topological polar surface area (TPSA) is 129 Å². The highest BCUT2D eigenvalue weighted by Gasteiger charge is 2.43. The average Bonchev–Trinajstić information content (AvgIpc) is 3.43. The van der Waals surface area contributed by atoms with E-state index in [1.807, 2.05) is 0 Å². The third-order valence-electron chi connectivity index (χ3n) is 6.87. The predicted octanol–water partition coefficient (Wildman–Crippen LogP) is 2.45. The number of carbonyl (C=O) groups excluding carboxylic acids is 2. The number of amides is 2. The number of methoxy groups -OCH3 is 1. The van der Waals surface area contributed by atoms with E-state index in [0.29, 0.717) is 32.6 Å². The Hall–Kier alpha value is -2.15. The number of nitrogens with one attached hydrogen (secondary N) is 1. The van der Waals surface area contributed by atoms with Crippen LogP contribution in [0.1, 0.15) is 50.5 Å². The van der Waals surface area contributed by atoms with Crippen LogP contribution in [0.5, 0.6) is 11.5 Å². The number of aliphatic hydroxyl groups is 3. The summed E-state index contributed by atoms with van der Waals surface area (Å²) in [6, 6.07) is 2.74. The van der Waals surface area contributed by atoms with E-state index < -0.39 is 18.2 Å². The van der Waals surface area contributed by atoms with Crippen molar-refractivity contribution >= 4 is 34.4 Å². The summed E-state index contributed by atoms with van der Waals surface area (Å²) in [5.74, 6) is 0.314. The van der Waals surface area contributed by atoms with E-state index in [1.165, 1.54) is 7.11 Å². The van der Waals surface area contributed by atoms with Crippen molar-refractivity contribution in [3.8, 4) is 11.5 Å². The second-order valence-electron chi connectivity index (χ2n) is 9.35. The molecule has 0 bridgehead atoms. The molecule has 1 aromatic rings. The van der Waals surface area contributed by atoms with Crippen molar-refractivity contribution in [3.05, 3.63) is 45.6 Å². The van der Waals surface area contributed by atoms with E-state index >= 15 is 0 Å². The van der Waals surface area contributed by atoms with Gasteiger partial charge in [0.25, 0.3) is 0 Å². The van der Waals surface area contributed by atoms with Crippen LogP contribution in [-0.2, 0) is 16.2 Å². The summed E-state index contributed by atoms with van der Waals surface area (Å²) in [6.07, 6.45) is 5.93. The van der Waals surface area contributed by atoms with Crippen LogP contribution in [0.2, 0.25) is 0 Å². The number of nitrogens with zero attached hydrogens (tertiary/aromatic N) is 1. The van der Waals surface area contributed by atoms with Crippen LogP contribution in [0.3, 0.4) is 0 Å². The fraction of sp³-hybridized carbons (Fsp3) is 0.556. The molecule has 2 aliphatic rings. The molecule has 2 amide bonds. The standard InChI is InChI=1S/C27H37IN2O7/c1-3-4-9-24(33)30(19-7-5-6-8-19)21-14-18(27(35)29-10-11-31)15-22(25(21)34)37-26-20(28)12-17(16-32)13-23(26)36-2/h3,12-13,15,19,21-22,25,31-32,34H,1,4-11,14,16H2,2H3,(H,29,35)/t21-,22+,25+/m1/s1. The SMILES string of the molecule is C=CCCC(=O)N(C1CCCC1)[C@@H]1CC(C(=O)NCCO)=C[C@H](Oc2c(I)cc(CO)cc2OC)[C@H]1O. The zero-order valence-corrected chi connectivity index (χ0v) is 23.4. The van der Waals surface area contributed by atoms with Crippen LogP contribution >= 0.6 is 22.6 Å². The minimum Gasteiger partial charge on any atom is -0.493 e. The summed E-state index contributed by atoms with van der Waals surface area (Å²) < 4.78 is 12.4. The van der Waals surface area contributed by atoms with Gasteiger partial charge < -0.3 is 35.0 Å². The Kier molecular flexibility index (Phi) is 11.2. The van der Waals surface area contributed by atoms with Crippen LogP contribution in [0.15, 0.2) is 36.4 Å². The van der Waals surface area contributed by atoms with Crippen molar-refractivity contribution in [3.63, 3.8) is 0 Å². The molecule has 0 heterocycles. The van der Waals surface area contributed by atoms with Crippen molar-refractivity contribution in [2.45, 2.75) is 75.8 Å². The fourth-order valence-electron chi connectivity index (χ4n) is 5.06. The number of allylic oxidation sites excluding steroid dienone is 1. The van der Waals surface area contributed by atoms with Gasteiger partial charge in [0.05, 0.1) is 29.9 Å². The molecule has 9 nitrogen and oxygen atoms in total. The van der Waals surface area contributed by atoms with Gasteiger partial charge in [-0.2, -0.15) is 0 Å². The molecule has 3 rings (SSSR count). The molecule has 1 aromatic carbocycles. The monoisotopic (exact) mass is 628 g/mol. The minimum absolute atomic E-state index is 0.0176. The highest BCUT2D eigenvalue weighted by atomic mass is 127. The molecule has 1 fully saturated rings. The van der Waals surface area contributed by atoms with Gasteiger partial charge in [0.15, 0.2) is 11.5 Å². The second-order valence-corrected chi connectivity index (χ2v) is 10.5. The Morgan fingerprint density at radius 1 is 1.27 bits per heavy atom. The van der Waals surface area contributed by atoms with Crippen molar-refractivity contribution in [1.29, 1.82) is 0 Å². The fourth-order valence-corrected chi connectivity index (χ4v) is 5.85. The maximum atomic E-state index is 13.4. The van der Waals surface area contributed by atoms with E-state index in [-0.39, 0.29) is 50.5 Å². The van der Waals surface area contributed by atoms with Crippen molar-refractivity contribution in [1.82, 2.24) is 10.2 Å². The molecule has 0 unspecified atom stereocenters. The maximum absolute atomic E-state index is 13.4. The average molecular weight is 629 g/mol. The molecule has 0 spiro atoms. The predicted molar refractivity (Wildman–Crippen MR) is 147 cm³/mol. The Labute approximate surface area is 231 Å². The van der Waals surface area contributed by atoms with Crippen molar-refractivity contribution in [2.75, 3.05) is 20.3 Å². The molecule has 0 aliphatic heterocycles. The second kappa shape index (κ2) is 14.1. The summed E-state index contributed by atoms with van der Waals surface area (Å²) in [7, 11) is 1.49. The van der Waals surface area contributed by atoms with Crippen LogP contribution in [0.4, 0.5) is 0 Å². The molecular formula is C27H37IN2O7. The van der Waals surface area contributed by atoms with E-state index in [4.69, 9.17) is 9.47 Å². The van der Waals surface area contributed by atoms with Crippen molar-refractivity contribution < 1.29 is 34.4 Å². The number of carbonyl (C=O) groups is 2. The Morgan fingerprint density at radius 3 is 2.62 bits per heavy atom. The molecule has 4 N–H and O–H groups in total. The van der Waals surface area contributed by atoms with Crippen LogP contribution in [0.25, 0.3) is 0 Å². The summed E-state index contributed by atoms with van der Waals surface area (Å²) in [5.41, 5.74) is 1.03. The minimum atomic E-state index is -1.10. The van der Waals surface area contributed by atoms with Gasteiger partial charge >= 0.3 is 0 Å². The number of ether oxygens (including phenoxy) is 2. The number of aliphatic hydroxyl groups excluding tert-OH is 3. The van der Waals surface area contributed by atoms with Gasteiger partial charge in [-0.3, -0.25) is 9.59 Å². The van der Waals surface area contributed by atoms with Gasteiger partial charge in [-0.25, -0.2) is 0 Å². The number of hydrogen-bond donors (Lipinski definition) is 4. The lowest BCUT2D eigenvalue weighted by atomic mass is 9.87. The first kappa shape index (κ1) is 29.4. The van der Waals surface area contributed by atoms with E-state index in [0.717, 1.165) is 25.7 Å². The lowest BCUT2D eigenvalue weighted by Crippen LogP contribution is -2.57. The highest BCUT2D eigenvalue weighted by Crippen LogP contribution is 2.38. The van der Waals surface area contributed by atoms with E-state index in [2.05, 4.69) is 34.5 Å². The first-order valence-corrected chi connectivity index (χ1v) is 13.8. The first-order valence-electron chi connectivity index (χ1n) is 12.7. The molecule has 0 saturated heterocycles. The Balaban J connectivity index is 2.00. The molecule has 0 aromatic heterocycles.